The lowest BCUT2D eigenvalue weighted by atomic mass is 10.3. The maximum atomic E-state index is 13.4. The van der Waals surface area contributed by atoms with Gasteiger partial charge in [-0.1, -0.05) is 12.1 Å². The first-order chi connectivity index (χ1) is 10.1. The lowest BCUT2D eigenvalue weighted by Crippen LogP contribution is -2.13. The predicted molar refractivity (Wildman–Crippen MR) is 73.3 cm³/mol. The van der Waals surface area contributed by atoms with Crippen molar-refractivity contribution in [3.63, 3.8) is 0 Å². The van der Waals surface area contributed by atoms with Crippen molar-refractivity contribution in [2.24, 2.45) is 0 Å². The molecule has 0 saturated carbocycles. The van der Waals surface area contributed by atoms with Gasteiger partial charge in [-0.25, -0.2) is 13.2 Å². The summed E-state index contributed by atoms with van der Waals surface area (Å²) in [6.07, 6.45) is 0. The molecule has 0 spiro atoms. The number of benzene rings is 2. The highest BCUT2D eigenvalue weighted by atomic mass is 19.2. The van der Waals surface area contributed by atoms with Crippen LogP contribution in [0.25, 0.3) is 0 Å². The Balaban J connectivity index is 1.91. The zero-order valence-electron chi connectivity index (χ0n) is 11.3. The summed E-state index contributed by atoms with van der Waals surface area (Å²) in [5.41, 5.74) is -0.240. The van der Waals surface area contributed by atoms with Gasteiger partial charge in [0.15, 0.2) is 23.1 Å². The summed E-state index contributed by atoms with van der Waals surface area (Å²) in [6, 6.07) is 8.43. The number of ether oxygens (including phenoxy) is 2. The molecular formula is C15H14F3NO2. The first kappa shape index (κ1) is 15.0. The maximum Gasteiger partial charge on any atom is 0.182 e. The molecule has 112 valence electrons. The molecule has 3 nitrogen and oxygen atoms in total. The molecule has 6 heteroatoms. The third kappa shape index (κ3) is 3.81. The fourth-order valence-electron chi connectivity index (χ4n) is 1.77. The smallest absolute Gasteiger partial charge is 0.182 e. The Kier molecular flexibility index (Phi) is 4.92. The number of rotatable bonds is 6. The summed E-state index contributed by atoms with van der Waals surface area (Å²) in [5, 5.41) is 2.58. The van der Waals surface area contributed by atoms with Crippen LogP contribution >= 0.6 is 0 Å². The van der Waals surface area contributed by atoms with Gasteiger partial charge in [-0.3, -0.25) is 0 Å². The first-order valence-electron chi connectivity index (χ1n) is 6.26. The highest BCUT2D eigenvalue weighted by Gasteiger charge is 2.10. The van der Waals surface area contributed by atoms with E-state index in [0.717, 1.165) is 6.07 Å². The molecule has 0 saturated heterocycles. The molecule has 2 rings (SSSR count). The Bertz CT molecular complexity index is 620. The minimum absolute atomic E-state index is 0.178. The van der Waals surface area contributed by atoms with Crippen molar-refractivity contribution in [3.05, 3.63) is 53.8 Å². The third-order valence-electron chi connectivity index (χ3n) is 2.74. The van der Waals surface area contributed by atoms with E-state index >= 15 is 0 Å². The fourth-order valence-corrected chi connectivity index (χ4v) is 1.77. The van der Waals surface area contributed by atoms with Crippen molar-refractivity contribution in [2.75, 3.05) is 25.6 Å². The number of hydrogen-bond donors (Lipinski definition) is 1. The second-order valence-corrected chi connectivity index (χ2v) is 4.18. The van der Waals surface area contributed by atoms with Crippen LogP contribution in [0.2, 0.25) is 0 Å². The molecule has 21 heavy (non-hydrogen) atoms. The Morgan fingerprint density at radius 3 is 2.48 bits per heavy atom. The van der Waals surface area contributed by atoms with Gasteiger partial charge in [0.1, 0.15) is 12.4 Å². The van der Waals surface area contributed by atoms with Crippen LogP contribution in [0.1, 0.15) is 0 Å². The van der Waals surface area contributed by atoms with Crippen molar-refractivity contribution < 1.29 is 22.6 Å². The topological polar surface area (TPSA) is 30.5 Å². The lowest BCUT2D eigenvalue weighted by molar-refractivity contribution is 0.305. The Morgan fingerprint density at radius 2 is 1.76 bits per heavy atom. The van der Waals surface area contributed by atoms with Crippen molar-refractivity contribution in [1.29, 1.82) is 0 Å². The Labute approximate surface area is 120 Å². The molecule has 2 aromatic rings. The van der Waals surface area contributed by atoms with Gasteiger partial charge in [-0.05, 0) is 12.1 Å². The molecule has 0 aliphatic carbocycles. The van der Waals surface area contributed by atoms with E-state index in [1.54, 1.807) is 24.3 Å². The van der Waals surface area contributed by atoms with Gasteiger partial charge in [0.05, 0.1) is 12.8 Å². The molecule has 0 heterocycles. The lowest BCUT2D eigenvalue weighted by Gasteiger charge is -2.12. The number of para-hydroxylation sites is 2. The van der Waals surface area contributed by atoms with E-state index in [4.69, 9.17) is 9.47 Å². The van der Waals surface area contributed by atoms with E-state index in [-0.39, 0.29) is 18.8 Å². The number of nitrogens with one attached hydrogen (secondary N) is 1. The monoisotopic (exact) mass is 297 g/mol. The average Bonchev–Trinajstić information content (AvgIpc) is 2.48. The van der Waals surface area contributed by atoms with Gasteiger partial charge >= 0.3 is 0 Å². The predicted octanol–water partition coefficient (Wildman–Crippen LogP) is 3.60. The van der Waals surface area contributed by atoms with Gasteiger partial charge in [-0.15, -0.1) is 0 Å². The number of halogens is 3. The van der Waals surface area contributed by atoms with E-state index in [9.17, 15) is 13.2 Å². The van der Waals surface area contributed by atoms with Crippen molar-refractivity contribution >= 4 is 5.69 Å². The second-order valence-electron chi connectivity index (χ2n) is 4.18. The normalized spacial score (nSPS) is 10.3. The van der Waals surface area contributed by atoms with Crippen LogP contribution < -0.4 is 14.8 Å². The van der Waals surface area contributed by atoms with Gasteiger partial charge in [0.25, 0.3) is 0 Å². The molecule has 2 aromatic carbocycles. The van der Waals surface area contributed by atoms with Gasteiger partial charge in [0, 0.05) is 18.7 Å². The zero-order valence-corrected chi connectivity index (χ0v) is 11.3. The summed E-state index contributed by atoms with van der Waals surface area (Å²) in [6.45, 7) is 0.357. The van der Waals surface area contributed by atoms with Crippen molar-refractivity contribution in [1.82, 2.24) is 0 Å². The summed E-state index contributed by atoms with van der Waals surface area (Å²) < 4.78 is 49.9. The van der Waals surface area contributed by atoms with E-state index in [0.29, 0.717) is 17.6 Å². The van der Waals surface area contributed by atoms with Crippen LogP contribution in [0.4, 0.5) is 18.9 Å². The average molecular weight is 297 g/mol. The van der Waals surface area contributed by atoms with E-state index in [2.05, 4.69) is 5.32 Å². The SMILES string of the molecule is COc1ccccc1OCCNc1cc(F)cc(F)c1F. The van der Waals surface area contributed by atoms with Crippen LogP contribution in [-0.4, -0.2) is 20.3 Å². The first-order valence-corrected chi connectivity index (χ1v) is 6.26. The zero-order chi connectivity index (χ0) is 15.2. The molecule has 1 N–H and O–H groups in total. The summed E-state index contributed by atoms with van der Waals surface area (Å²) >= 11 is 0. The highest BCUT2D eigenvalue weighted by Crippen LogP contribution is 2.25. The van der Waals surface area contributed by atoms with Crippen molar-refractivity contribution in [3.8, 4) is 11.5 Å². The molecule has 0 bridgehead atoms. The van der Waals surface area contributed by atoms with Crippen LogP contribution in [0, 0.1) is 17.5 Å². The van der Waals surface area contributed by atoms with Gasteiger partial charge < -0.3 is 14.8 Å². The minimum Gasteiger partial charge on any atom is -0.493 e. The summed E-state index contributed by atoms with van der Waals surface area (Å²) in [4.78, 5) is 0. The van der Waals surface area contributed by atoms with E-state index in [1.165, 1.54) is 7.11 Å². The van der Waals surface area contributed by atoms with Gasteiger partial charge in [-0.2, -0.15) is 0 Å². The second kappa shape index (κ2) is 6.88. The number of anilines is 1. The van der Waals surface area contributed by atoms with Crippen LogP contribution in [0.15, 0.2) is 36.4 Å². The summed E-state index contributed by atoms with van der Waals surface area (Å²) in [5.74, 6) is -2.09. The molecule has 0 aliphatic rings. The van der Waals surface area contributed by atoms with Crippen LogP contribution in [-0.2, 0) is 0 Å². The number of hydrogen-bond acceptors (Lipinski definition) is 3. The largest absolute Gasteiger partial charge is 0.493 e. The third-order valence-corrected chi connectivity index (χ3v) is 2.74. The van der Waals surface area contributed by atoms with Crippen molar-refractivity contribution in [2.45, 2.75) is 0 Å². The summed E-state index contributed by atoms with van der Waals surface area (Å²) in [7, 11) is 1.52. The standard InChI is InChI=1S/C15H14F3NO2/c1-20-13-4-2-3-5-14(13)21-7-6-19-12-9-10(16)8-11(17)15(12)18/h2-5,8-9,19H,6-7H2,1H3. The highest BCUT2D eigenvalue weighted by molar-refractivity contribution is 5.45. The van der Waals surface area contributed by atoms with Crippen LogP contribution in [0.5, 0.6) is 11.5 Å². The van der Waals surface area contributed by atoms with E-state index < -0.39 is 17.5 Å². The molecule has 0 amide bonds. The molecule has 0 unspecified atom stereocenters. The van der Waals surface area contributed by atoms with E-state index in [1.807, 2.05) is 0 Å². The Hall–Kier alpha value is -2.37. The Morgan fingerprint density at radius 1 is 1.05 bits per heavy atom. The molecule has 0 atom stereocenters. The molecule has 0 radical (unpaired) electrons. The fraction of sp³-hybridized carbons (Fsp3) is 0.200. The molecule has 0 aliphatic heterocycles. The van der Waals surface area contributed by atoms with Crippen LogP contribution in [0.3, 0.4) is 0 Å². The number of methoxy groups -OCH3 is 1. The maximum absolute atomic E-state index is 13.4. The van der Waals surface area contributed by atoms with Gasteiger partial charge in [0.2, 0.25) is 0 Å². The minimum atomic E-state index is -1.23. The molecule has 0 fully saturated rings. The quantitative estimate of drug-likeness (QED) is 0.653. The molecule has 0 aromatic heterocycles. The molecular weight excluding hydrogens is 283 g/mol.